The number of hydrogen-bond donors (Lipinski definition) is 2. The first-order valence-electron chi connectivity index (χ1n) is 5.63. The van der Waals surface area contributed by atoms with Crippen LogP contribution in [0.5, 0.6) is 5.75 Å². The second-order valence-corrected chi connectivity index (χ2v) is 4.22. The quantitative estimate of drug-likeness (QED) is 0.646. The highest BCUT2D eigenvalue weighted by Gasteiger charge is 2.06. The second-order valence-electron chi connectivity index (χ2n) is 3.82. The number of halogens is 1. The Morgan fingerprint density at radius 3 is 3.00 bits per heavy atom. The zero-order valence-electron chi connectivity index (χ0n) is 10.3. The third-order valence-corrected chi connectivity index (χ3v) is 2.87. The van der Waals surface area contributed by atoms with Gasteiger partial charge >= 0.3 is 0 Å². The van der Waals surface area contributed by atoms with E-state index in [4.69, 9.17) is 16.3 Å². The van der Waals surface area contributed by atoms with E-state index in [0.29, 0.717) is 16.7 Å². The fourth-order valence-electron chi connectivity index (χ4n) is 1.57. The van der Waals surface area contributed by atoms with Gasteiger partial charge in [0.25, 0.3) is 0 Å². The zero-order chi connectivity index (χ0) is 13.0. The van der Waals surface area contributed by atoms with Crippen LogP contribution in [0.2, 0.25) is 5.02 Å². The summed E-state index contributed by atoms with van der Waals surface area (Å²) in [5.74, 6) is 1.36. The lowest BCUT2D eigenvalue weighted by Crippen LogP contribution is -2.30. The van der Waals surface area contributed by atoms with Gasteiger partial charge in [0.1, 0.15) is 5.75 Å². The van der Waals surface area contributed by atoms with E-state index < -0.39 is 0 Å². The highest BCUT2D eigenvalue weighted by molar-refractivity contribution is 6.32. The summed E-state index contributed by atoms with van der Waals surface area (Å²) in [5.41, 5.74) is 4.65. The van der Waals surface area contributed by atoms with Gasteiger partial charge in [-0.05, 0) is 30.7 Å². The van der Waals surface area contributed by atoms with E-state index in [1.807, 2.05) is 25.1 Å². The molecule has 1 aromatic rings. The van der Waals surface area contributed by atoms with Crippen molar-refractivity contribution in [1.29, 1.82) is 0 Å². The molecule has 2 rings (SSSR count). The van der Waals surface area contributed by atoms with Crippen LogP contribution >= 0.6 is 11.6 Å². The van der Waals surface area contributed by atoms with Crippen LogP contribution in [0.4, 0.5) is 0 Å². The Labute approximate surface area is 111 Å². The van der Waals surface area contributed by atoms with Gasteiger partial charge in [-0.25, -0.2) is 10.4 Å². The predicted octanol–water partition coefficient (Wildman–Crippen LogP) is 1.62. The van der Waals surface area contributed by atoms with Crippen molar-refractivity contribution >= 4 is 23.3 Å². The molecule has 0 unspecified atom stereocenters. The standard InChI is InChI=1S/C12H15ClN4O/c1-8(16-17-12-14-5-6-15-12)9-3-4-11(18-2)10(13)7-9/h3-4,7H,5-6H2,1-2H3,(H2,14,15,17)/b16-8-. The van der Waals surface area contributed by atoms with Gasteiger partial charge in [0.2, 0.25) is 5.96 Å². The number of ether oxygens (including phenoxy) is 1. The van der Waals surface area contributed by atoms with Crippen LogP contribution < -0.4 is 15.5 Å². The minimum Gasteiger partial charge on any atom is -0.495 e. The van der Waals surface area contributed by atoms with Gasteiger partial charge in [-0.3, -0.25) is 0 Å². The van der Waals surface area contributed by atoms with E-state index in [-0.39, 0.29) is 0 Å². The molecule has 0 aromatic heterocycles. The number of hydrogen-bond acceptors (Lipinski definition) is 5. The molecule has 0 aliphatic carbocycles. The third kappa shape index (κ3) is 2.92. The number of methoxy groups -OCH3 is 1. The van der Waals surface area contributed by atoms with Crippen LogP contribution in [0.1, 0.15) is 12.5 Å². The summed E-state index contributed by atoms with van der Waals surface area (Å²) in [6.45, 7) is 3.54. The van der Waals surface area contributed by atoms with Gasteiger partial charge in [-0.15, -0.1) is 0 Å². The predicted molar refractivity (Wildman–Crippen MR) is 73.7 cm³/mol. The first-order chi connectivity index (χ1) is 8.70. The number of rotatable bonds is 3. The van der Waals surface area contributed by atoms with Crippen molar-refractivity contribution in [2.45, 2.75) is 6.92 Å². The Morgan fingerprint density at radius 2 is 2.39 bits per heavy atom. The summed E-state index contributed by atoms with van der Waals surface area (Å²) < 4.78 is 5.10. The molecule has 0 atom stereocenters. The molecule has 2 N–H and O–H groups in total. The van der Waals surface area contributed by atoms with Crippen LogP contribution in [0, 0.1) is 0 Å². The third-order valence-electron chi connectivity index (χ3n) is 2.57. The summed E-state index contributed by atoms with van der Waals surface area (Å²) in [4.78, 5) is 4.19. The number of nitrogens with zero attached hydrogens (tertiary/aromatic N) is 2. The maximum Gasteiger partial charge on any atom is 0.212 e. The summed E-state index contributed by atoms with van der Waals surface area (Å²) in [6.07, 6.45) is 0. The number of nitrogens with one attached hydrogen (secondary N) is 2. The largest absolute Gasteiger partial charge is 0.495 e. The Hall–Kier alpha value is -1.75. The molecule has 0 amide bonds. The molecule has 0 bridgehead atoms. The molecule has 0 saturated carbocycles. The van der Waals surface area contributed by atoms with Crippen molar-refractivity contribution < 1.29 is 4.74 Å². The van der Waals surface area contributed by atoms with Crippen molar-refractivity contribution in [3.8, 4) is 5.75 Å². The molecule has 1 heterocycles. The Bertz CT molecular complexity index is 499. The molecule has 96 valence electrons. The van der Waals surface area contributed by atoms with E-state index in [2.05, 4.69) is 20.8 Å². The lowest BCUT2D eigenvalue weighted by Gasteiger charge is -2.06. The number of hydrazone groups is 1. The highest BCUT2D eigenvalue weighted by atomic mass is 35.5. The first-order valence-corrected chi connectivity index (χ1v) is 6.01. The lowest BCUT2D eigenvalue weighted by atomic mass is 10.1. The van der Waals surface area contributed by atoms with Crippen molar-refractivity contribution in [3.63, 3.8) is 0 Å². The molecule has 5 nitrogen and oxygen atoms in total. The average molecular weight is 267 g/mol. The number of benzene rings is 1. The Balaban J connectivity index is 2.10. The van der Waals surface area contributed by atoms with Crippen LogP contribution in [0.3, 0.4) is 0 Å². The van der Waals surface area contributed by atoms with E-state index in [9.17, 15) is 0 Å². The zero-order valence-corrected chi connectivity index (χ0v) is 11.1. The SMILES string of the molecule is COc1ccc(/C(C)=N\NC2=NCCN2)cc1Cl. The van der Waals surface area contributed by atoms with Gasteiger partial charge in [-0.1, -0.05) is 11.6 Å². The number of guanidine groups is 1. The molecular weight excluding hydrogens is 252 g/mol. The highest BCUT2D eigenvalue weighted by Crippen LogP contribution is 2.25. The van der Waals surface area contributed by atoms with Crippen molar-refractivity contribution in [2.75, 3.05) is 20.2 Å². The molecule has 18 heavy (non-hydrogen) atoms. The van der Waals surface area contributed by atoms with Crippen molar-refractivity contribution in [2.24, 2.45) is 10.1 Å². The number of aliphatic imine (C=N–C) groups is 1. The Morgan fingerprint density at radius 1 is 1.56 bits per heavy atom. The molecule has 0 saturated heterocycles. The Kier molecular flexibility index (Phi) is 4.04. The van der Waals surface area contributed by atoms with Crippen LogP contribution in [-0.4, -0.2) is 31.9 Å². The van der Waals surface area contributed by atoms with Crippen LogP contribution in [-0.2, 0) is 0 Å². The van der Waals surface area contributed by atoms with Gasteiger partial charge < -0.3 is 10.1 Å². The first kappa shape index (κ1) is 12.7. The van der Waals surface area contributed by atoms with Gasteiger partial charge in [0.05, 0.1) is 24.4 Å². The van der Waals surface area contributed by atoms with Crippen LogP contribution in [0.25, 0.3) is 0 Å². The normalized spacial score (nSPS) is 15.1. The molecule has 0 spiro atoms. The minimum atomic E-state index is 0.570. The summed E-state index contributed by atoms with van der Waals surface area (Å²) in [5, 5.41) is 7.90. The van der Waals surface area contributed by atoms with E-state index in [0.717, 1.165) is 24.4 Å². The van der Waals surface area contributed by atoms with Crippen molar-refractivity contribution in [3.05, 3.63) is 28.8 Å². The van der Waals surface area contributed by atoms with Crippen LogP contribution in [0.15, 0.2) is 28.3 Å². The fourth-order valence-corrected chi connectivity index (χ4v) is 1.82. The summed E-state index contributed by atoms with van der Waals surface area (Å²) >= 11 is 6.06. The molecule has 1 aliphatic heterocycles. The molecular formula is C12H15ClN4O. The maximum absolute atomic E-state index is 6.06. The van der Waals surface area contributed by atoms with Gasteiger partial charge in [0, 0.05) is 6.54 Å². The molecule has 0 radical (unpaired) electrons. The molecule has 0 fully saturated rings. The van der Waals surface area contributed by atoms with E-state index in [1.54, 1.807) is 7.11 Å². The monoisotopic (exact) mass is 266 g/mol. The topological polar surface area (TPSA) is 58.0 Å². The van der Waals surface area contributed by atoms with E-state index in [1.165, 1.54) is 0 Å². The van der Waals surface area contributed by atoms with Crippen molar-refractivity contribution in [1.82, 2.24) is 10.7 Å². The van der Waals surface area contributed by atoms with Gasteiger partial charge in [-0.2, -0.15) is 5.10 Å². The molecule has 1 aromatic carbocycles. The second kappa shape index (κ2) is 5.73. The average Bonchev–Trinajstić information content (AvgIpc) is 2.89. The fraction of sp³-hybridized carbons (Fsp3) is 0.333. The maximum atomic E-state index is 6.06. The minimum absolute atomic E-state index is 0.570. The summed E-state index contributed by atoms with van der Waals surface area (Å²) in [7, 11) is 1.59. The smallest absolute Gasteiger partial charge is 0.212 e. The summed E-state index contributed by atoms with van der Waals surface area (Å²) in [6, 6.07) is 5.56. The van der Waals surface area contributed by atoms with Gasteiger partial charge in [0.15, 0.2) is 0 Å². The molecule has 6 heteroatoms. The van der Waals surface area contributed by atoms with E-state index >= 15 is 0 Å². The lowest BCUT2D eigenvalue weighted by molar-refractivity contribution is 0.415. The molecule has 1 aliphatic rings.